The van der Waals surface area contributed by atoms with Crippen molar-refractivity contribution in [3.63, 3.8) is 0 Å². The van der Waals surface area contributed by atoms with Crippen LogP contribution in [0.4, 0.5) is 13.2 Å². The van der Waals surface area contributed by atoms with Crippen molar-refractivity contribution in [3.05, 3.63) is 57.0 Å². The number of benzene rings is 1. The summed E-state index contributed by atoms with van der Waals surface area (Å²) in [5.41, 5.74) is 1.45. The molecule has 0 fully saturated rings. The van der Waals surface area contributed by atoms with Crippen molar-refractivity contribution in [2.75, 3.05) is 12.8 Å². The molecule has 1 aliphatic rings. The zero-order valence-corrected chi connectivity index (χ0v) is 13.8. The Balaban J connectivity index is 1.73. The zero-order chi connectivity index (χ0) is 17.3. The molecule has 0 aliphatic carbocycles. The van der Waals surface area contributed by atoms with Gasteiger partial charge in [-0.25, -0.2) is 4.98 Å². The topological polar surface area (TPSA) is 49.0 Å². The number of hydrogen-bond donors (Lipinski definition) is 1. The van der Waals surface area contributed by atoms with Crippen molar-refractivity contribution < 1.29 is 13.2 Å². The van der Waals surface area contributed by atoms with Crippen LogP contribution >= 0.6 is 11.8 Å². The first-order chi connectivity index (χ1) is 11.4. The van der Waals surface area contributed by atoms with Crippen molar-refractivity contribution in [2.45, 2.75) is 30.8 Å². The van der Waals surface area contributed by atoms with Crippen LogP contribution in [0.25, 0.3) is 0 Å². The predicted molar refractivity (Wildman–Crippen MR) is 85.9 cm³/mol. The molecule has 3 rings (SSSR count). The molecule has 2 aromatic rings. The number of halogens is 3. The van der Waals surface area contributed by atoms with Crippen molar-refractivity contribution >= 4 is 11.8 Å². The molecule has 24 heavy (non-hydrogen) atoms. The largest absolute Gasteiger partial charge is 0.416 e. The number of thioether (sulfide) groups is 1. The smallest absolute Gasteiger partial charge is 0.301 e. The summed E-state index contributed by atoms with van der Waals surface area (Å²) in [6.07, 6.45) is -1.81. The number of aromatic amines is 1. The lowest BCUT2D eigenvalue weighted by atomic mass is 10.1. The standard InChI is InChI=1S/C16H16F3N3OS/c1-24-15-20-13-6-7-22(9-12(13)14(23)21-15)8-10-2-4-11(5-3-10)16(17,18)19/h2-5H,6-9H2,1H3,(H,20,21,23). The summed E-state index contributed by atoms with van der Waals surface area (Å²) in [6.45, 7) is 1.67. The molecule has 2 heterocycles. The van der Waals surface area contributed by atoms with Crippen LogP contribution in [-0.2, 0) is 25.7 Å². The lowest BCUT2D eigenvalue weighted by Crippen LogP contribution is -2.35. The molecule has 0 spiro atoms. The zero-order valence-electron chi connectivity index (χ0n) is 13.0. The van der Waals surface area contributed by atoms with E-state index in [1.54, 1.807) is 0 Å². The minimum Gasteiger partial charge on any atom is -0.301 e. The molecule has 0 atom stereocenters. The molecular weight excluding hydrogens is 339 g/mol. The Hall–Kier alpha value is -1.80. The Morgan fingerprint density at radius 2 is 2.00 bits per heavy atom. The highest BCUT2D eigenvalue weighted by atomic mass is 32.2. The van der Waals surface area contributed by atoms with Crippen molar-refractivity contribution in [1.29, 1.82) is 0 Å². The Labute approximate surface area is 141 Å². The first-order valence-electron chi connectivity index (χ1n) is 7.41. The van der Waals surface area contributed by atoms with Gasteiger partial charge in [-0.2, -0.15) is 13.2 Å². The Morgan fingerprint density at radius 3 is 2.62 bits per heavy atom. The van der Waals surface area contributed by atoms with E-state index in [-0.39, 0.29) is 5.56 Å². The summed E-state index contributed by atoms with van der Waals surface area (Å²) >= 11 is 1.39. The van der Waals surface area contributed by atoms with Gasteiger partial charge in [0.15, 0.2) is 5.16 Å². The lowest BCUT2D eigenvalue weighted by molar-refractivity contribution is -0.137. The molecule has 1 N–H and O–H groups in total. The SMILES string of the molecule is CSc1nc2c(c(=O)[nH]1)CN(Cc1ccc(C(F)(F)F)cc1)CC2. The molecule has 1 aromatic heterocycles. The summed E-state index contributed by atoms with van der Waals surface area (Å²) in [4.78, 5) is 21.3. The summed E-state index contributed by atoms with van der Waals surface area (Å²) in [5.74, 6) is 0. The third-order valence-electron chi connectivity index (χ3n) is 4.01. The molecule has 0 saturated heterocycles. The number of hydrogen-bond acceptors (Lipinski definition) is 4. The number of nitrogens with zero attached hydrogens (tertiary/aromatic N) is 2. The van der Waals surface area contributed by atoms with Crippen LogP contribution in [0.3, 0.4) is 0 Å². The molecule has 128 valence electrons. The van der Waals surface area contributed by atoms with Gasteiger partial charge in [0.25, 0.3) is 5.56 Å². The summed E-state index contributed by atoms with van der Waals surface area (Å²) in [6, 6.07) is 5.15. The highest BCUT2D eigenvalue weighted by Gasteiger charge is 2.30. The monoisotopic (exact) mass is 355 g/mol. The quantitative estimate of drug-likeness (QED) is 0.679. The van der Waals surface area contributed by atoms with E-state index in [9.17, 15) is 18.0 Å². The average molecular weight is 355 g/mol. The third-order valence-corrected chi connectivity index (χ3v) is 4.59. The second-order valence-electron chi connectivity index (χ2n) is 5.66. The van der Waals surface area contributed by atoms with Crippen LogP contribution in [-0.4, -0.2) is 27.7 Å². The summed E-state index contributed by atoms with van der Waals surface area (Å²) in [5, 5.41) is 0.606. The Morgan fingerprint density at radius 1 is 1.29 bits per heavy atom. The van der Waals surface area contributed by atoms with Gasteiger partial charge in [-0.05, 0) is 24.0 Å². The molecule has 1 aliphatic heterocycles. The molecular formula is C16H16F3N3OS. The van der Waals surface area contributed by atoms with Crippen LogP contribution in [0.1, 0.15) is 22.4 Å². The maximum atomic E-state index is 12.6. The normalized spacial score (nSPS) is 15.3. The third kappa shape index (κ3) is 3.64. The first kappa shape index (κ1) is 17.0. The first-order valence-corrected chi connectivity index (χ1v) is 8.64. The Bertz CT molecular complexity index is 787. The van der Waals surface area contributed by atoms with E-state index < -0.39 is 11.7 Å². The number of aromatic nitrogens is 2. The molecule has 8 heteroatoms. The molecule has 0 unspecified atom stereocenters. The fourth-order valence-corrected chi connectivity index (χ4v) is 3.14. The number of H-pyrrole nitrogens is 1. The van der Waals surface area contributed by atoms with E-state index in [1.165, 1.54) is 23.9 Å². The van der Waals surface area contributed by atoms with Crippen LogP contribution in [0, 0.1) is 0 Å². The van der Waals surface area contributed by atoms with E-state index >= 15 is 0 Å². The maximum Gasteiger partial charge on any atom is 0.416 e. The minimum atomic E-state index is -4.32. The van der Waals surface area contributed by atoms with Gasteiger partial charge in [-0.1, -0.05) is 23.9 Å². The predicted octanol–water partition coefficient (Wildman–Crippen LogP) is 3.07. The number of fused-ring (bicyclic) bond motifs is 1. The van der Waals surface area contributed by atoms with E-state index in [2.05, 4.69) is 9.97 Å². The minimum absolute atomic E-state index is 0.138. The van der Waals surface area contributed by atoms with Crippen LogP contribution in [0.5, 0.6) is 0 Å². The number of alkyl halides is 3. The van der Waals surface area contributed by atoms with Gasteiger partial charge in [-0.3, -0.25) is 9.69 Å². The molecule has 0 saturated carbocycles. The van der Waals surface area contributed by atoms with Gasteiger partial charge in [0.05, 0.1) is 16.8 Å². The molecule has 0 radical (unpaired) electrons. The summed E-state index contributed by atoms with van der Waals surface area (Å²) < 4.78 is 37.8. The van der Waals surface area contributed by atoms with E-state index in [1.807, 2.05) is 11.2 Å². The van der Waals surface area contributed by atoms with E-state index in [0.29, 0.717) is 30.2 Å². The summed E-state index contributed by atoms with van der Waals surface area (Å²) in [7, 11) is 0. The fraction of sp³-hybridized carbons (Fsp3) is 0.375. The molecule has 4 nitrogen and oxygen atoms in total. The molecule has 1 aromatic carbocycles. The van der Waals surface area contributed by atoms with Crippen LogP contribution in [0.15, 0.2) is 34.2 Å². The van der Waals surface area contributed by atoms with Gasteiger partial charge < -0.3 is 4.98 Å². The van der Waals surface area contributed by atoms with Crippen molar-refractivity contribution in [3.8, 4) is 0 Å². The highest BCUT2D eigenvalue weighted by molar-refractivity contribution is 7.98. The van der Waals surface area contributed by atoms with Gasteiger partial charge in [0.1, 0.15) is 0 Å². The van der Waals surface area contributed by atoms with Crippen LogP contribution in [0.2, 0.25) is 0 Å². The lowest BCUT2D eigenvalue weighted by Gasteiger charge is -2.27. The number of rotatable bonds is 3. The van der Waals surface area contributed by atoms with Gasteiger partial charge in [0.2, 0.25) is 0 Å². The average Bonchev–Trinajstić information content (AvgIpc) is 2.55. The number of nitrogens with one attached hydrogen (secondary N) is 1. The molecule has 0 bridgehead atoms. The fourth-order valence-electron chi connectivity index (χ4n) is 2.75. The van der Waals surface area contributed by atoms with Crippen molar-refractivity contribution in [1.82, 2.24) is 14.9 Å². The van der Waals surface area contributed by atoms with Gasteiger partial charge in [-0.15, -0.1) is 0 Å². The van der Waals surface area contributed by atoms with Crippen LogP contribution < -0.4 is 5.56 Å². The second kappa shape index (κ2) is 6.60. The van der Waals surface area contributed by atoms with Gasteiger partial charge >= 0.3 is 6.18 Å². The highest BCUT2D eigenvalue weighted by Crippen LogP contribution is 2.29. The molecule has 0 amide bonds. The Kier molecular flexibility index (Phi) is 4.69. The van der Waals surface area contributed by atoms with Crippen molar-refractivity contribution in [2.24, 2.45) is 0 Å². The van der Waals surface area contributed by atoms with E-state index in [0.717, 1.165) is 29.9 Å². The van der Waals surface area contributed by atoms with E-state index in [4.69, 9.17) is 0 Å². The van der Waals surface area contributed by atoms with Gasteiger partial charge in [0, 0.05) is 26.1 Å². The maximum absolute atomic E-state index is 12.6. The second-order valence-corrected chi connectivity index (χ2v) is 6.45.